The molecule has 6 heteroatoms. The minimum Gasteiger partial charge on any atom is -0.465 e. The molecule has 0 fully saturated rings. The van der Waals surface area contributed by atoms with Gasteiger partial charge < -0.3 is 10.5 Å². The summed E-state index contributed by atoms with van der Waals surface area (Å²) in [6, 6.07) is 1.36. The van der Waals surface area contributed by atoms with Crippen LogP contribution in [-0.2, 0) is 32.2 Å². The van der Waals surface area contributed by atoms with Crippen molar-refractivity contribution in [1.82, 2.24) is 5.06 Å². The molecule has 0 saturated carbocycles. The van der Waals surface area contributed by atoms with E-state index in [9.17, 15) is 10.0 Å². The molecule has 2 rings (SSSR count). The van der Waals surface area contributed by atoms with Crippen molar-refractivity contribution in [1.29, 1.82) is 0 Å². The minimum atomic E-state index is -0.654. The lowest BCUT2D eigenvalue weighted by molar-refractivity contribution is -0.265. The SMILES string of the molecule is CCOC(=O)[C@@H](N)Cc1cc2c(s1)C(C)(C)N([O])C2(C)C. The summed E-state index contributed by atoms with van der Waals surface area (Å²) in [5.74, 6) is -0.380. The first-order valence-electron chi connectivity index (χ1n) is 7.15. The molecule has 21 heavy (non-hydrogen) atoms. The number of thiophene rings is 1. The van der Waals surface area contributed by atoms with Gasteiger partial charge in [0.15, 0.2) is 0 Å². The second-order valence-corrected chi connectivity index (χ2v) is 7.57. The Morgan fingerprint density at radius 2 is 2.00 bits per heavy atom. The zero-order valence-electron chi connectivity index (χ0n) is 13.2. The Labute approximate surface area is 129 Å². The van der Waals surface area contributed by atoms with Gasteiger partial charge in [-0.15, -0.1) is 21.6 Å². The van der Waals surface area contributed by atoms with Crippen LogP contribution in [-0.4, -0.2) is 23.7 Å². The minimum absolute atomic E-state index is 0.332. The van der Waals surface area contributed by atoms with Crippen molar-refractivity contribution in [3.8, 4) is 0 Å². The average Bonchev–Trinajstić information content (AvgIpc) is 2.87. The molecule has 1 aromatic heterocycles. The molecule has 1 aliphatic heterocycles. The quantitative estimate of drug-likeness (QED) is 0.866. The van der Waals surface area contributed by atoms with Crippen LogP contribution in [0.5, 0.6) is 0 Å². The van der Waals surface area contributed by atoms with Crippen LogP contribution in [0.3, 0.4) is 0 Å². The molecular formula is C15H23N2O3S. The summed E-state index contributed by atoms with van der Waals surface area (Å²) in [5.41, 5.74) is 5.82. The number of hydrogen-bond donors (Lipinski definition) is 1. The molecule has 0 spiro atoms. The van der Waals surface area contributed by atoms with Crippen LogP contribution in [0.1, 0.15) is 49.9 Å². The highest BCUT2D eigenvalue weighted by Gasteiger charge is 2.51. The van der Waals surface area contributed by atoms with Crippen molar-refractivity contribution >= 4 is 17.3 Å². The predicted octanol–water partition coefficient (Wildman–Crippen LogP) is 2.31. The van der Waals surface area contributed by atoms with Crippen LogP contribution in [0, 0.1) is 0 Å². The van der Waals surface area contributed by atoms with Gasteiger partial charge in [-0.1, -0.05) is 0 Å². The van der Waals surface area contributed by atoms with Crippen LogP contribution in [0.2, 0.25) is 0 Å². The summed E-state index contributed by atoms with van der Waals surface area (Å²) in [6.45, 7) is 9.81. The number of esters is 1. The third-order valence-electron chi connectivity index (χ3n) is 4.02. The van der Waals surface area contributed by atoms with Crippen LogP contribution >= 0.6 is 11.3 Å². The molecule has 1 aliphatic rings. The fourth-order valence-corrected chi connectivity index (χ4v) is 4.35. The van der Waals surface area contributed by atoms with E-state index in [-0.39, 0.29) is 5.97 Å². The fraction of sp³-hybridized carbons (Fsp3) is 0.667. The molecule has 1 aromatic rings. The third-order valence-corrected chi connectivity index (χ3v) is 5.49. The Hall–Kier alpha value is -0.950. The predicted molar refractivity (Wildman–Crippen MR) is 81.2 cm³/mol. The van der Waals surface area contributed by atoms with Crippen molar-refractivity contribution in [2.45, 2.75) is 58.2 Å². The van der Waals surface area contributed by atoms with E-state index in [1.807, 2.05) is 33.8 Å². The van der Waals surface area contributed by atoms with Crippen LogP contribution < -0.4 is 5.73 Å². The number of ether oxygens (including phenoxy) is 1. The van der Waals surface area contributed by atoms with E-state index < -0.39 is 17.1 Å². The normalized spacial score (nSPS) is 21.1. The number of carbonyl (C=O) groups is 1. The first-order chi connectivity index (χ1) is 9.62. The highest BCUT2D eigenvalue weighted by atomic mass is 32.1. The van der Waals surface area contributed by atoms with Crippen molar-refractivity contribution < 1.29 is 14.7 Å². The molecule has 5 nitrogen and oxygen atoms in total. The molecule has 0 saturated heterocycles. The lowest BCUT2D eigenvalue weighted by Crippen LogP contribution is -2.41. The molecule has 0 unspecified atom stereocenters. The van der Waals surface area contributed by atoms with Crippen LogP contribution in [0.4, 0.5) is 0 Å². The maximum absolute atomic E-state index is 12.4. The summed E-state index contributed by atoms with van der Waals surface area (Å²) in [7, 11) is 0. The number of rotatable bonds is 4. The Kier molecular flexibility index (Phi) is 4.19. The Morgan fingerprint density at radius 3 is 2.52 bits per heavy atom. The van der Waals surface area contributed by atoms with Gasteiger partial charge in [0.1, 0.15) is 6.04 Å². The van der Waals surface area contributed by atoms with Crippen molar-refractivity contribution in [2.24, 2.45) is 5.73 Å². The summed E-state index contributed by atoms with van der Waals surface area (Å²) in [4.78, 5) is 13.7. The summed E-state index contributed by atoms with van der Waals surface area (Å²) in [6.07, 6.45) is 0.446. The average molecular weight is 311 g/mol. The van der Waals surface area contributed by atoms with Gasteiger partial charge in [-0.05, 0) is 46.2 Å². The number of nitrogens with two attached hydrogens (primary N) is 1. The smallest absolute Gasteiger partial charge is 0.323 e. The molecule has 2 heterocycles. The first kappa shape index (κ1) is 16.4. The summed E-state index contributed by atoms with van der Waals surface area (Å²) in [5, 5.41) is 13.6. The Balaban J connectivity index is 2.25. The topological polar surface area (TPSA) is 75.5 Å². The molecule has 2 N–H and O–H groups in total. The molecule has 0 aromatic carbocycles. The second-order valence-electron chi connectivity index (χ2n) is 6.43. The van der Waals surface area contributed by atoms with Crippen LogP contribution in [0.25, 0.3) is 0 Å². The molecule has 1 atom stereocenters. The lowest BCUT2D eigenvalue weighted by Gasteiger charge is -2.32. The van der Waals surface area contributed by atoms with Gasteiger partial charge in [-0.2, -0.15) is 0 Å². The molecule has 1 radical (unpaired) electrons. The van der Waals surface area contributed by atoms with E-state index in [1.54, 1.807) is 18.3 Å². The Morgan fingerprint density at radius 1 is 1.38 bits per heavy atom. The highest BCUT2D eigenvalue weighted by Crippen LogP contribution is 2.51. The summed E-state index contributed by atoms with van der Waals surface area (Å²) >= 11 is 1.57. The molecular weight excluding hydrogens is 288 g/mol. The lowest BCUT2D eigenvalue weighted by atomic mass is 9.97. The maximum atomic E-state index is 12.4. The maximum Gasteiger partial charge on any atom is 0.323 e. The Bertz CT molecular complexity index is 518. The zero-order valence-corrected chi connectivity index (χ0v) is 14.0. The highest BCUT2D eigenvalue weighted by molar-refractivity contribution is 7.12. The van der Waals surface area contributed by atoms with Gasteiger partial charge in [0, 0.05) is 16.2 Å². The van der Waals surface area contributed by atoms with E-state index in [0.717, 1.165) is 20.4 Å². The van der Waals surface area contributed by atoms with Gasteiger partial charge in [0.05, 0.1) is 17.7 Å². The summed E-state index contributed by atoms with van der Waals surface area (Å²) < 4.78 is 4.93. The van der Waals surface area contributed by atoms with Gasteiger partial charge in [0.25, 0.3) is 0 Å². The number of hydrogen-bond acceptors (Lipinski definition) is 5. The molecule has 117 valence electrons. The van der Waals surface area contributed by atoms with Gasteiger partial charge >= 0.3 is 5.97 Å². The first-order valence-corrected chi connectivity index (χ1v) is 7.97. The molecule has 0 bridgehead atoms. The second kappa shape index (κ2) is 5.35. The largest absolute Gasteiger partial charge is 0.465 e. The standard InChI is InChI=1S/C15H23N2O3S/c1-6-20-13(18)11(16)8-9-7-10-12(21-9)15(4,5)17(19)14(10,2)3/h7,11H,6,8,16H2,1-5H3/t11-/m0/s1. The fourth-order valence-electron chi connectivity index (χ4n) is 2.90. The number of hydroxylamine groups is 2. The van der Waals surface area contributed by atoms with E-state index in [2.05, 4.69) is 0 Å². The van der Waals surface area contributed by atoms with Gasteiger partial charge in [-0.3, -0.25) is 4.79 Å². The number of nitrogens with zero attached hydrogens (tertiary/aromatic N) is 1. The zero-order chi connectivity index (χ0) is 16.0. The third kappa shape index (κ3) is 2.61. The number of carbonyl (C=O) groups excluding carboxylic acids is 1. The van der Waals surface area contributed by atoms with E-state index in [0.29, 0.717) is 13.0 Å². The van der Waals surface area contributed by atoms with E-state index in [1.165, 1.54) is 0 Å². The van der Waals surface area contributed by atoms with Crippen LogP contribution in [0.15, 0.2) is 6.07 Å². The van der Waals surface area contributed by atoms with Crippen molar-refractivity contribution in [3.63, 3.8) is 0 Å². The van der Waals surface area contributed by atoms with Gasteiger partial charge in [0.2, 0.25) is 0 Å². The number of fused-ring (bicyclic) bond motifs is 1. The van der Waals surface area contributed by atoms with E-state index >= 15 is 0 Å². The molecule has 0 aliphatic carbocycles. The van der Waals surface area contributed by atoms with E-state index in [4.69, 9.17) is 10.5 Å². The van der Waals surface area contributed by atoms with Crippen molar-refractivity contribution in [3.05, 3.63) is 21.4 Å². The molecule has 0 amide bonds. The monoisotopic (exact) mass is 311 g/mol. The van der Waals surface area contributed by atoms with Gasteiger partial charge in [-0.25, -0.2) is 0 Å². The van der Waals surface area contributed by atoms with Crippen molar-refractivity contribution in [2.75, 3.05) is 6.61 Å².